The molecule has 0 bridgehead atoms. The number of amides is 1. The van der Waals surface area contributed by atoms with E-state index in [1.807, 2.05) is 41.3 Å². The third kappa shape index (κ3) is 4.20. The normalized spacial score (nSPS) is 14.5. The van der Waals surface area contributed by atoms with Crippen molar-refractivity contribution in [3.8, 4) is 5.75 Å². The molecule has 1 aliphatic rings. The summed E-state index contributed by atoms with van der Waals surface area (Å²) in [7, 11) is 1.63. The third-order valence-electron chi connectivity index (χ3n) is 4.42. The fourth-order valence-electron chi connectivity index (χ4n) is 2.96. The molecule has 1 fully saturated rings. The molecule has 3 rings (SSSR count). The quantitative estimate of drug-likeness (QED) is 0.808. The maximum Gasteiger partial charge on any atom is 0.227 e. The zero-order valence-electron chi connectivity index (χ0n) is 14.0. The van der Waals surface area contributed by atoms with Crippen LogP contribution in [0.2, 0.25) is 10.0 Å². The number of methoxy groups -OCH3 is 1. The van der Waals surface area contributed by atoms with Gasteiger partial charge >= 0.3 is 0 Å². The smallest absolute Gasteiger partial charge is 0.227 e. The van der Waals surface area contributed by atoms with E-state index in [4.69, 9.17) is 27.9 Å². The van der Waals surface area contributed by atoms with Crippen molar-refractivity contribution in [1.29, 1.82) is 0 Å². The number of anilines is 1. The first kappa shape index (κ1) is 17.9. The number of carbonyl (C=O) groups excluding carboxylic acids is 1. The Labute approximate surface area is 157 Å². The standard InChI is InChI=1S/C19H20Cl2N2O2/c1-25-15-7-5-14(6-8-15)13-18(24)23-11-9-22(10-12-23)17-4-2-3-16(20)19(17)21/h2-8H,9-13H2,1H3. The molecular weight excluding hydrogens is 359 g/mol. The van der Waals surface area contributed by atoms with Crippen LogP contribution in [-0.4, -0.2) is 44.1 Å². The first-order valence-corrected chi connectivity index (χ1v) is 8.94. The highest BCUT2D eigenvalue weighted by atomic mass is 35.5. The third-order valence-corrected chi connectivity index (χ3v) is 5.23. The lowest BCUT2D eigenvalue weighted by molar-refractivity contribution is -0.130. The van der Waals surface area contributed by atoms with Gasteiger partial charge in [-0.3, -0.25) is 4.79 Å². The topological polar surface area (TPSA) is 32.8 Å². The minimum Gasteiger partial charge on any atom is -0.497 e. The van der Waals surface area contributed by atoms with E-state index in [9.17, 15) is 4.79 Å². The number of ether oxygens (including phenoxy) is 1. The average molecular weight is 379 g/mol. The minimum atomic E-state index is 0.141. The van der Waals surface area contributed by atoms with Crippen LogP contribution in [0.25, 0.3) is 0 Å². The van der Waals surface area contributed by atoms with Crippen LogP contribution in [0.4, 0.5) is 5.69 Å². The van der Waals surface area contributed by atoms with E-state index in [0.29, 0.717) is 29.6 Å². The van der Waals surface area contributed by atoms with Gasteiger partial charge in [-0.05, 0) is 29.8 Å². The Kier molecular flexibility index (Phi) is 5.71. The molecular formula is C19H20Cl2N2O2. The van der Waals surface area contributed by atoms with Gasteiger partial charge in [0.2, 0.25) is 5.91 Å². The Morgan fingerprint density at radius 2 is 1.72 bits per heavy atom. The zero-order valence-corrected chi connectivity index (χ0v) is 15.6. The number of nitrogens with zero attached hydrogens (tertiary/aromatic N) is 2. The summed E-state index contributed by atoms with van der Waals surface area (Å²) in [6.07, 6.45) is 0.405. The molecule has 1 aliphatic heterocycles. The molecule has 0 radical (unpaired) electrons. The van der Waals surface area contributed by atoms with Gasteiger partial charge in [0.15, 0.2) is 0 Å². The molecule has 0 aromatic heterocycles. The highest BCUT2D eigenvalue weighted by Crippen LogP contribution is 2.32. The van der Waals surface area contributed by atoms with Crippen molar-refractivity contribution in [2.75, 3.05) is 38.2 Å². The Morgan fingerprint density at radius 3 is 2.36 bits per heavy atom. The number of hydrogen-bond donors (Lipinski definition) is 0. The van der Waals surface area contributed by atoms with Gasteiger partial charge in [0.05, 0.1) is 29.3 Å². The van der Waals surface area contributed by atoms with Crippen molar-refractivity contribution in [3.05, 3.63) is 58.1 Å². The van der Waals surface area contributed by atoms with Crippen molar-refractivity contribution < 1.29 is 9.53 Å². The molecule has 2 aromatic carbocycles. The molecule has 1 saturated heterocycles. The van der Waals surface area contributed by atoms with Gasteiger partial charge in [-0.25, -0.2) is 0 Å². The summed E-state index contributed by atoms with van der Waals surface area (Å²) >= 11 is 12.4. The predicted molar refractivity (Wildman–Crippen MR) is 102 cm³/mol. The van der Waals surface area contributed by atoms with Gasteiger partial charge in [-0.1, -0.05) is 41.4 Å². The lowest BCUT2D eigenvalue weighted by atomic mass is 10.1. The number of rotatable bonds is 4. The lowest BCUT2D eigenvalue weighted by Crippen LogP contribution is -2.49. The Bertz CT molecular complexity index is 742. The van der Waals surface area contributed by atoms with Gasteiger partial charge in [0.1, 0.15) is 5.75 Å². The van der Waals surface area contributed by atoms with E-state index in [1.54, 1.807) is 13.2 Å². The number of benzene rings is 2. The maximum atomic E-state index is 12.5. The fraction of sp³-hybridized carbons (Fsp3) is 0.316. The van der Waals surface area contributed by atoms with Crippen LogP contribution in [-0.2, 0) is 11.2 Å². The van der Waals surface area contributed by atoms with Crippen LogP contribution in [0.3, 0.4) is 0 Å². The van der Waals surface area contributed by atoms with E-state index in [2.05, 4.69) is 4.90 Å². The molecule has 0 atom stereocenters. The first-order chi connectivity index (χ1) is 12.1. The summed E-state index contributed by atoms with van der Waals surface area (Å²) in [5.74, 6) is 0.935. The molecule has 0 spiro atoms. The Balaban J connectivity index is 1.57. The van der Waals surface area contributed by atoms with E-state index in [-0.39, 0.29) is 5.91 Å². The summed E-state index contributed by atoms with van der Waals surface area (Å²) in [5, 5.41) is 1.12. The highest BCUT2D eigenvalue weighted by Gasteiger charge is 2.23. The molecule has 25 heavy (non-hydrogen) atoms. The van der Waals surface area contributed by atoms with Crippen molar-refractivity contribution >= 4 is 34.8 Å². The van der Waals surface area contributed by atoms with Crippen molar-refractivity contribution in [2.24, 2.45) is 0 Å². The van der Waals surface area contributed by atoms with Crippen LogP contribution in [0.1, 0.15) is 5.56 Å². The number of piperazine rings is 1. The van der Waals surface area contributed by atoms with Crippen LogP contribution in [0.5, 0.6) is 5.75 Å². The number of carbonyl (C=O) groups is 1. The second-order valence-corrected chi connectivity index (χ2v) is 6.75. The lowest BCUT2D eigenvalue weighted by Gasteiger charge is -2.36. The second-order valence-electron chi connectivity index (χ2n) is 5.97. The van der Waals surface area contributed by atoms with E-state index in [0.717, 1.165) is 30.1 Å². The minimum absolute atomic E-state index is 0.141. The summed E-state index contributed by atoms with van der Waals surface area (Å²) in [5.41, 5.74) is 1.92. The summed E-state index contributed by atoms with van der Waals surface area (Å²) in [6.45, 7) is 2.85. The summed E-state index contributed by atoms with van der Waals surface area (Å²) in [6, 6.07) is 13.2. The average Bonchev–Trinajstić information content (AvgIpc) is 2.65. The van der Waals surface area contributed by atoms with Crippen LogP contribution in [0, 0.1) is 0 Å². The zero-order chi connectivity index (χ0) is 17.8. The van der Waals surface area contributed by atoms with E-state index < -0.39 is 0 Å². The van der Waals surface area contributed by atoms with E-state index in [1.165, 1.54) is 0 Å². The number of hydrogen-bond acceptors (Lipinski definition) is 3. The maximum absolute atomic E-state index is 12.5. The molecule has 0 N–H and O–H groups in total. The van der Waals surface area contributed by atoms with E-state index >= 15 is 0 Å². The monoisotopic (exact) mass is 378 g/mol. The van der Waals surface area contributed by atoms with Gasteiger partial charge in [-0.15, -0.1) is 0 Å². The summed E-state index contributed by atoms with van der Waals surface area (Å²) < 4.78 is 5.14. The molecule has 0 saturated carbocycles. The summed E-state index contributed by atoms with van der Waals surface area (Å²) in [4.78, 5) is 16.6. The van der Waals surface area contributed by atoms with Crippen LogP contribution >= 0.6 is 23.2 Å². The molecule has 1 heterocycles. The molecule has 132 valence electrons. The van der Waals surface area contributed by atoms with Gasteiger partial charge in [0.25, 0.3) is 0 Å². The van der Waals surface area contributed by atoms with Gasteiger partial charge < -0.3 is 14.5 Å². The molecule has 4 nitrogen and oxygen atoms in total. The van der Waals surface area contributed by atoms with Gasteiger partial charge in [0, 0.05) is 26.2 Å². The van der Waals surface area contributed by atoms with Crippen molar-refractivity contribution in [1.82, 2.24) is 4.90 Å². The fourth-order valence-corrected chi connectivity index (χ4v) is 3.38. The molecule has 2 aromatic rings. The predicted octanol–water partition coefficient (Wildman–Crippen LogP) is 3.89. The molecule has 1 amide bonds. The molecule has 0 aliphatic carbocycles. The largest absolute Gasteiger partial charge is 0.497 e. The molecule has 0 unspecified atom stereocenters. The van der Waals surface area contributed by atoms with Crippen molar-refractivity contribution in [3.63, 3.8) is 0 Å². The highest BCUT2D eigenvalue weighted by molar-refractivity contribution is 6.43. The SMILES string of the molecule is COc1ccc(CC(=O)N2CCN(c3cccc(Cl)c3Cl)CC2)cc1. The Hall–Kier alpha value is -1.91. The Morgan fingerprint density at radius 1 is 1.04 bits per heavy atom. The first-order valence-electron chi connectivity index (χ1n) is 8.18. The van der Waals surface area contributed by atoms with Crippen LogP contribution in [0.15, 0.2) is 42.5 Å². The van der Waals surface area contributed by atoms with Crippen molar-refractivity contribution in [2.45, 2.75) is 6.42 Å². The van der Waals surface area contributed by atoms with Gasteiger partial charge in [-0.2, -0.15) is 0 Å². The number of halogens is 2. The molecule has 6 heteroatoms. The second kappa shape index (κ2) is 7.98. The van der Waals surface area contributed by atoms with Crippen LogP contribution < -0.4 is 9.64 Å².